The SMILES string of the molecule is CCC(CCO)Nc1ncnc(NC)c1Br. The van der Waals surface area contributed by atoms with Crippen LogP contribution in [0, 0.1) is 0 Å². The van der Waals surface area contributed by atoms with E-state index in [0.717, 1.165) is 22.5 Å². The van der Waals surface area contributed by atoms with Crippen molar-refractivity contribution in [3.63, 3.8) is 0 Å². The van der Waals surface area contributed by atoms with Crippen LogP contribution >= 0.6 is 15.9 Å². The molecule has 1 rings (SSSR count). The number of nitrogens with zero attached hydrogens (tertiary/aromatic N) is 2. The van der Waals surface area contributed by atoms with Gasteiger partial charge in [0.15, 0.2) is 0 Å². The number of hydrogen-bond acceptors (Lipinski definition) is 5. The number of aliphatic hydroxyl groups is 1. The van der Waals surface area contributed by atoms with Gasteiger partial charge >= 0.3 is 0 Å². The maximum atomic E-state index is 8.92. The molecule has 0 bridgehead atoms. The van der Waals surface area contributed by atoms with E-state index in [1.54, 1.807) is 0 Å². The van der Waals surface area contributed by atoms with Gasteiger partial charge in [-0.25, -0.2) is 9.97 Å². The zero-order valence-electron chi connectivity index (χ0n) is 9.50. The van der Waals surface area contributed by atoms with Gasteiger partial charge in [0.2, 0.25) is 0 Å². The van der Waals surface area contributed by atoms with Crippen LogP contribution in [-0.2, 0) is 0 Å². The Morgan fingerprint density at radius 2 is 2.12 bits per heavy atom. The number of rotatable bonds is 6. The van der Waals surface area contributed by atoms with E-state index in [1.165, 1.54) is 6.33 Å². The first-order chi connectivity index (χ1) is 7.72. The molecule has 6 heteroatoms. The van der Waals surface area contributed by atoms with Gasteiger partial charge in [-0.1, -0.05) is 6.92 Å². The molecule has 0 aliphatic carbocycles. The van der Waals surface area contributed by atoms with Gasteiger partial charge in [-0.05, 0) is 28.8 Å². The van der Waals surface area contributed by atoms with Crippen LogP contribution < -0.4 is 10.6 Å². The van der Waals surface area contributed by atoms with Crippen LogP contribution in [0.4, 0.5) is 11.6 Å². The molecule has 1 heterocycles. The fourth-order valence-electron chi connectivity index (χ4n) is 1.37. The molecule has 1 atom stereocenters. The van der Waals surface area contributed by atoms with Crippen molar-refractivity contribution in [1.82, 2.24) is 9.97 Å². The monoisotopic (exact) mass is 288 g/mol. The molecular weight excluding hydrogens is 272 g/mol. The molecule has 0 aliphatic rings. The molecule has 0 radical (unpaired) electrons. The van der Waals surface area contributed by atoms with E-state index in [4.69, 9.17) is 5.11 Å². The number of aromatic nitrogens is 2. The zero-order chi connectivity index (χ0) is 12.0. The Morgan fingerprint density at radius 3 is 2.69 bits per heavy atom. The third kappa shape index (κ3) is 3.31. The standard InChI is InChI=1S/C10H17BrN4O/c1-3-7(4-5-16)15-10-8(11)9(12-2)13-6-14-10/h6-7,16H,3-5H2,1-2H3,(H2,12,13,14,15). The van der Waals surface area contributed by atoms with Gasteiger partial charge in [-0.3, -0.25) is 0 Å². The van der Waals surface area contributed by atoms with Gasteiger partial charge in [-0.2, -0.15) is 0 Å². The van der Waals surface area contributed by atoms with Crippen molar-refractivity contribution in [1.29, 1.82) is 0 Å². The Balaban J connectivity index is 2.79. The summed E-state index contributed by atoms with van der Waals surface area (Å²) in [5.41, 5.74) is 0. The lowest BCUT2D eigenvalue weighted by Crippen LogP contribution is -2.21. The number of anilines is 2. The second-order valence-corrected chi connectivity index (χ2v) is 4.19. The third-order valence-corrected chi connectivity index (χ3v) is 3.09. The Bertz CT molecular complexity index is 335. The third-order valence-electron chi connectivity index (χ3n) is 2.34. The summed E-state index contributed by atoms with van der Waals surface area (Å²) in [7, 11) is 1.81. The smallest absolute Gasteiger partial charge is 0.146 e. The van der Waals surface area contributed by atoms with E-state index in [-0.39, 0.29) is 12.6 Å². The molecular formula is C10H17BrN4O. The molecule has 1 unspecified atom stereocenters. The molecule has 0 aliphatic heterocycles. The first kappa shape index (κ1) is 13.2. The molecule has 1 aromatic rings. The summed E-state index contributed by atoms with van der Waals surface area (Å²) in [6.07, 6.45) is 3.15. The molecule has 90 valence electrons. The molecule has 0 aromatic carbocycles. The molecule has 0 saturated heterocycles. The number of nitrogens with one attached hydrogen (secondary N) is 2. The van der Waals surface area contributed by atoms with Crippen molar-refractivity contribution in [2.24, 2.45) is 0 Å². The lowest BCUT2D eigenvalue weighted by molar-refractivity contribution is 0.278. The second kappa shape index (κ2) is 6.65. The number of halogens is 1. The van der Waals surface area contributed by atoms with E-state index in [1.807, 2.05) is 7.05 Å². The molecule has 1 aromatic heterocycles. The van der Waals surface area contributed by atoms with Crippen molar-refractivity contribution in [3.8, 4) is 0 Å². The lowest BCUT2D eigenvalue weighted by atomic mass is 10.1. The average Bonchev–Trinajstić information content (AvgIpc) is 2.31. The summed E-state index contributed by atoms with van der Waals surface area (Å²) in [5, 5.41) is 15.2. The normalized spacial score (nSPS) is 12.2. The second-order valence-electron chi connectivity index (χ2n) is 3.40. The maximum absolute atomic E-state index is 8.92. The summed E-state index contributed by atoms with van der Waals surface area (Å²) in [4.78, 5) is 8.24. The molecule has 0 spiro atoms. The summed E-state index contributed by atoms with van der Waals surface area (Å²) in [6.45, 7) is 2.24. The fraction of sp³-hybridized carbons (Fsp3) is 0.600. The minimum absolute atomic E-state index is 0.174. The van der Waals surface area contributed by atoms with Crippen LogP contribution in [0.1, 0.15) is 19.8 Å². The van der Waals surface area contributed by atoms with Crippen LogP contribution in [0.25, 0.3) is 0 Å². The quantitative estimate of drug-likeness (QED) is 0.745. The van der Waals surface area contributed by atoms with Crippen molar-refractivity contribution < 1.29 is 5.11 Å². The molecule has 0 fully saturated rings. The molecule has 5 nitrogen and oxygen atoms in total. The Hall–Kier alpha value is -0.880. The van der Waals surface area contributed by atoms with Gasteiger partial charge < -0.3 is 15.7 Å². The number of aliphatic hydroxyl groups excluding tert-OH is 1. The predicted molar refractivity (Wildman–Crippen MR) is 68.7 cm³/mol. The average molecular weight is 289 g/mol. The molecule has 0 saturated carbocycles. The Kier molecular flexibility index (Phi) is 5.48. The largest absolute Gasteiger partial charge is 0.396 e. The van der Waals surface area contributed by atoms with Gasteiger partial charge in [-0.15, -0.1) is 0 Å². The highest BCUT2D eigenvalue weighted by molar-refractivity contribution is 9.10. The highest BCUT2D eigenvalue weighted by Gasteiger charge is 2.11. The highest BCUT2D eigenvalue weighted by atomic mass is 79.9. The van der Waals surface area contributed by atoms with Crippen LogP contribution in [0.2, 0.25) is 0 Å². The van der Waals surface area contributed by atoms with E-state index < -0.39 is 0 Å². The summed E-state index contributed by atoms with van der Waals surface area (Å²) in [5.74, 6) is 1.50. The van der Waals surface area contributed by atoms with Crippen molar-refractivity contribution >= 4 is 27.6 Å². The maximum Gasteiger partial charge on any atom is 0.146 e. The van der Waals surface area contributed by atoms with Gasteiger partial charge in [0.25, 0.3) is 0 Å². The van der Waals surface area contributed by atoms with Crippen LogP contribution in [0.3, 0.4) is 0 Å². The van der Waals surface area contributed by atoms with Crippen LogP contribution in [-0.4, -0.2) is 34.8 Å². The minimum Gasteiger partial charge on any atom is -0.396 e. The highest BCUT2D eigenvalue weighted by Crippen LogP contribution is 2.26. The van der Waals surface area contributed by atoms with E-state index in [9.17, 15) is 0 Å². The first-order valence-corrected chi connectivity index (χ1v) is 6.07. The Morgan fingerprint density at radius 1 is 1.44 bits per heavy atom. The van der Waals surface area contributed by atoms with Gasteiger partial charge in [0.05, 0.1) is 0 Å². The van der Waals surface area contributed by atoms with E-state index >= 15 is 0 Å². The zero-order valence-corrected chi connectivity index (χ0v) is 11.1. The molecule has 3 N–H and O–H groups in total. The lowest BCUT2D eigenvalue weighted by Gasteiger charge is -2.17. The Labute approximate surface area is 104 Å². The van der Waals surface area contributed by atoms with E-state index in [2.05, 4.69) is 43.5 Å². The summed E-state index contributed by atoms with van der Waals surface area (Å²) in [6, 6.07) is 0.223. The summed E-state index contributed by atoms with van der Waals surface area (Å²) >= 11 is 3.44. The predicted octanol–water partition coefficient (Wildman–Crippen LogP) is 1.85. The van der Waals surface area contributed by atoms with Crippen molar-refractivity contribution in [2.45, 2.75) is 25.8 Å². The van der Waals surface area contributed by atoms with Crippen molar-refractivity contribution in [3.05, 3.63) is 10.8 Å². The summed E-state index contributed by atoms with van der Waals surface area (Å²) < 4.78 is 0.814. The van der Waals surface area contributed by atoms with E-state index in [0.29, 0.717) is 6.42 Å². The molecule has 0 amide bonds. The van der Waals surface area contributed by atoms with Gasteiger partial charge in [0.1, 0.15) is 22.4 Å². The van der Waals surface area contributed by atoms with Crippen LogP contribution in [0.15, 0.2) is 10.8 Å². The number of hydrogen-bond donors (Lipinski definition) is 3. The first-order valence-electron chi connectivity index (χ1n) is 5.28. The topological polar surface area (TPSA) is 70.1 Å². The minimum atomic E-state index is 0.174. The van der Waals surface area contributed by atoms with Gasteiger partial charge in [0, 0.05) is 19.7 Å². The fourth-order valence-corrected chi connectivity index (χ4v) is 1.89. The van der Waals surface area contributed by atoms with Crippen molar-refractivity contribution in [2.75, 3.05) is 24.3 Å². The molecule has 16 heavy (non-hydrogen) atoms. The van der Waals surface area contributed by atoms with Crippen LogP contribution in [0.5, 0.6) is 0 Å².